The average Bonchev–Trinajstić information content (AvgIpc) is 2.59. The van der Waals surface area contributed by atoms with Crippen LogP contribution in [0, 0.1) is 5.82 Å². The third-order valence-electron chi connectivity index (χ3n) is 2.17. The lowest BCUT2D eigenvalue weighted by Gasteiger charge is -2.02. The number of benzene rings is 1. The van der Waals surface area contributed by atoms with E-state index in [0.717, 1.165) is 0 Å². The van der Waals surface area contributed by atoms with E-state index in [0.29, 0.717) is 5.56 Å². The molecule has 0 unspecified atom stereocenters. The SMILES string of the molecule is Cn1c(-c2cccc(F)c2)nnc1S(N)(=O)=O. The molecule has 1 aromatic carbocycles. The van der Waals surface area contributed by atoms with Gasteiger partial charge in [-0.3, -0.25) is 4.57 Å². The molecule has 17 heavy (non-hydrogen) atoms. The lowest BCUT2D eigenvalue weighted by Crippen LogP contribution is -2.17. The van der Waals surface area contributed by atoms with E-state index in [1.807, 2.05) is 0 Å². The van der Waals surface area contributed by atoms with Crippen molar-refractivity contribution in [2.24, 2.45) is 12.2 Å². The zero-order chi connectivity index (χ0) is 12.6. The summed E-state index contributed by atoms with van der Waals surface area (Å²) in [6.07, 6.45) is 0. The molecule has 90 valence electrons. The number of sulfonamides is 1. The summed E-state index contributed by atoms with van der Waals surface area (Å²) in [6.45, 7) is 0. The quantitative estimate of drug-likeness (QED) is 0.834. The summed E-state index contributed by atoms with van der Waals surface area (Å²) in [5.74, 6) is -0.212. The fraction of sp³-hybridized carbons (Fsp3) is 0.111. The van der Waals surface area contributed by atoms with Gasteiger partial charge in [-0.2, -0.15) is 0 Å². The molecule has 2 rings (SSSR count). The third-order valence-corrected chi connectivity index (χ3v) is 3.04. The van der Waals surface area contributed by atoms with Crippen LogP contribution >= 0.6 is 0 Å². The van der Waals surface area contributed by atoms with Crippen LogP contribution < -0.4 is 5.14 Å². The normalized spacial score (nSPS) is 11.7. The number of primary sulfonamides is 1. The molecule has 0 amide bonds. The molecule has 6 nitrogen and oxygen atoms in total. The van der Waals surface area contributed by atoms with Crippen LogP contribution in [-0.4, -0.2) is 23.2 Å². The van der Waals surface area contributed by atoms with Gasteiger partial charge in [0.15, 0.2) is 5.82 Å². The van der Waals surface area contributed by atoms with Gasteiger partial charge in [0.25, 0.3) is 15.2 Å². The molecule has 0 fully saturated rings. The maximum Gasteiger partial charge on any atom is 0.273 e. The summed E-state index contributed by atoms with van der Waals surface area (Å²) < 4.78 is 36.5. The van der Waals surface area contributed by atoms with Gasteiger partial charge in [-0.05, 0) is 12.1 Å². The van der Waals surface area contributed by atoms with Crippen LogP contribution in [0.4, 0.5) is 4.39 Å². The minimum Gasteiger partial charge on any atom is -0.300 e. The molecule has 0 radical (unpaired) electrons. The van der Waals surface area contributed by atoms with Gasteiger partial charge in [0.1, 0.15) is 5.82 Å². The molecule has 0 aliphatic heterocycles. The van der Waals surface area contributed by atoms with Crippen molar-refractivity contribution in [2.45, 2.75) is 5.16 Å². The minimum atomic E-state index is -3.94. The summed E-state index contributed by atoms with van der Waals surface area (Å²) in [7, 11) is -2.49. The first kappa shape index (κ1) is 11.7. The Balaban J connectivity index is 2.60. The molecule has 1 aromatic heterocycles. The molecule has 1 heterocycles. The number of halogens is 1. The Labute approximate surface area is 96.9 Å². The smallest absolute Gasteiger partial charge is 0.273 e. The van der Waals surface area contributed by atoms with Gasteiger partial charge in [-0.25, -0.2) is 17.9 Å². The predicted octanol–water partition coefficient (Wildman–Crippen LogP) is 0.269. The highest BCUT2D eigenvalue weighted by molar-refractivity contribution is 7.89. The van der Waals surface area contributed by atoms with Crippen LogP contribution in [0.3, 0.4) is 0 Å². The summed E-state index contributed by atoms with van der Waals surface area (Å²) in [4.78, 5) is 0. The Morgan fingerprint density at radius 2 is 2.06 bits per heavy atom. The van der Waals surface area contributed by atoms with Crippen LogP contribution in [0.15, 0.2) is 29.4 Å². The molecule has 0 spiro atoms. The van der Waals surface area contributed by atoms with E-state index in [2.05, 4.69) is 10.2 Å². The molecule has 2 aromatic rings. The molecular weight excluding hydrogens is 247 g/mol. The third kappa shape index (κ3) is 2.17. The van der Waals surface area contributed by atoms with E-state index in [1.165, 1.54) is 29.8 Å². The van der Waals surface area contributed by atoms with E-state index in [1.54, 1.807) is 6.07 Å². The molecule has 0 aliphatic carbocycles. The number of rotatable bonds is 2. The highest BCUT2D eigenvalue weighted by Crippen LogP contribution is 2.19. The highest BCUT2D eigenvalue weighted by atomic mass is 32.2. The largest absolute Gasteiger partial charge is 0.300 e. The molecule has 0 atom stereocenters. The van der Waals surface area contributed by atoms with E-state index in [-0.39, 0.29) is 11.0 Å². The Morgan fingerprint density at radius 1 is 1.35 bits per heavy atom. The first-order valence-electron chi connectivity index (χ1n) is 4.58. The minimum absolute atomic E-state index is 0.230. The summed E-state index contributed by atoms with van der Waals surface area (Å²) >= 11 is 0. The van der Waals surface area contributed by atoms with Crippen molar-refractivity contribution in [2.75, 3.05) is 0 Å². The Kier molecular flexibility index (Phi) is 2.68. The summed E-state index contributed by atoms with van der Waals surface area (Å²) in [5.41, 5.74) is 0.426. The molecule has 0 saturated carbocycles. The molecule has 0 saturated heterocycles. The second kappa shape index (κ2) is 3.90. The van der Waals surface area contributed by atoms with Gasteiger partial charge in [-0.1, -0.05) is 12.1 Å². The van der Waals surface area contributed by atoms with E-state index in [4.69, 9.17) is 5.14 Å². The van der Waals surface area contributed by atoms with Crippen molar-refractivity contribution >= 4 is 10.0 Å². The fourth-order valence-corrected chi connectivity index (χ4v) is 2.06. The van der Waals surface area contributed by atoms with E-state index < -0.39 is 15.8 Å². The summed E-state index contributed by atoms with van der Waals surface area (Å²) in [5, 5.41) is 11.7. The van der Waals surface area contributed by atoms with E-state index in [9.17, 15) is 12.8 Å². The highest BCUT2D eigenvalue weighted by Gasteiger charge is 2.19. The number of aromatic nitrogens is 3. The number of hydrogen-bond donors (Lipinski definition) is 1. The average molecular weight is 256 g/mol. The topological polar surface area (TPSA) is 90.9 Å². The Hall–Kier alpha value is -1.80. The number of hydrogen-bond acceptors (Lipinski definition) is 4. The lowest BCUT2D eigenvalue weighted by molar-refractivity contribution is 0.580. The van der Waals surface area contributed by atoms with Gasteiger partial charge in [0.05, 0.1) is 0 Å². The van der Waals surface area contributed by atoms with Crippen LogP contribution in [-0.2, 0) is 17.1 Å². The van der Waals surface area contributed by atoms with Crippen molar-refractivity contribution in [3.63, 3.8) is 0 Å². The van der Waals surface area contributed by atoms with Gasteiger partial charge in [0, 0.05) is 12.6 Å². The van der Waals surface area contributed by atoms with Crippen LogP contribution in [0.25, 0.3) is 11.4 Å². The molecular formula is C9H9FN4O2S. The molecule has 0 aliphatic rings. The second-order valence-electron chi connectivity index (χ2n) is 3.42. The number of nitrogens with two attached hydrogens (primary N) is 1. The number of nitrogens with zero attached hydrogens (tertiary/aromatic N) is 3. The summed E-state index contributed by atoms with van der Waals surface area (Å²) in [6, 6.07) is 5.60. The first-order chi connectivity index (χ1) is 7.89. The van der Waals surface area contributed by atoms with Crippen molar-refractivity contribution in [3.05, 3.63) is 30.1 Å². The van der Waals surface area contributed by atoms with Gasteiger partial charge >= 0.3 is 0 Å². The Bertz CT molecular complexity index is 665. The predicted molar refractivity (Wildman–Crippen MR) is 57.8 cm³/mol. The van der Waals surface area contributed by atoms with Crippen molar-refractivity contribution in [3.8, 4) is 11.4 Å². The lowest BCUT2D eigenvalue weighted by atomic mass is 10.2. The second-order valence-corrected chi connectivity index (χ2v) is 4.88. The molecule has 8 heteroatoms. The Morgan fingerprint density at radius 3 is 2.59 bits per heavy atom. The maximum absolute atomic E-state index is 13.0. The van der Waals surface area contributed by atoms with Crippen LogP contribution in [0.1, 0.15) is 0 Å². The zero-order valence-corrected chi connectivity index (χ0v) is 9.65. The first-order valence-corrected chi connectivity index (χ1v) is 6.12. The zero-order valence-electron chi connectivity index (χ0n) is 8.83. The van der Waals surface area contributed by atoms with Crippen molar-refractivity contribution in [1.82, 2.24) is 14.8 Å². The molecule has 0 bridgehead atoms. The van der Waals surface area contributed by atoms with Gasteiger partial charge in [0.2, 0.25) is 0 Å². The van der Waals surface area contributed by atoms with Gasteiger partial charge < -0.3 is 0 Å². The van der Waals surface area contributed by atoms with Crippen molar-refractivity contribution in [1.29, 1.82) is 0 Å². The van der Waals surface area contributed by atoms with Gasteiger partial charge in [-0.15, -0.1) is 10.2 Å². The fourth-order valence-electron chi connectivity index (χ4n) is 1.44. The monoisotopic (exact) mass is 256 g/mol. The van der Waals surface area contributed by atoms with Crippen molar-refractivity contribution < 1.29 is 12.8 Å². The van der Waals surface area contributed by atoms with Crippen LogP contribution in [0.5, 0.6) is 0 Å². The molecule has 2 N–H and O–H groups in total. The standard InChI is InChI=1S/C9H9FN4O2S/c1-14-8(6-3-2-4-7(10)5-6)12-13-9(14)17(11,15)16/h2-5H,1H3,(H2,11,15,16). The van der Waals surface area contributed by atoms with E-state index >= 15 is 0 Å². The van der Waals surface area contributed by atoms with Crippen LogP contribution in [0.2, 0.25) is 0 Å². The maximum atomic E-state index is 13.0.